The quantitative estimate of drug-likeness (QED) is 0.364. The highest BCUT2D eigenvalue weighted by molar-refractivity contribution is 6.24. The smallest absolute Gasteiger partial charge is 0.343 e. The third kappa shape index (κ3) is 2.69. The SMILES string of the molecule is O=C(O)C(C(=O)O)=C1CC(=C(C(=O)O)C(=O)O)c2ccccc21. The first kappa shape index (κ1) is 16.0. The van der Waals surface area contributed by atoms with Crippen molar-refractivity contribution in [3.8, 4) is 0 Å². The van der Waals surface area contributed by atoms with Crippen LogP contribution in [0.3, 0.4) is 0 Å². The van der Waals surface area contributed by atoms with E-state index in [1.807, 2.05) is 0 Å². The average Bonchev–Trinajstić information content (AvgIpc) is 2.77. The molecule has 0 fully saturated rings. The molecule has 0 saturated heterocycles. The molecule has 0 aromatic heterocycles. The number of fused-ring (bicyclic) bond motifs is 1. The molecule has 0 amide bonds. The van der Waals surface area contributed by atoms with Crippen LogP contribution in [0.4, 0.5) is 0 Å². The van der Waals surface area contributed by atoms with Gasteiger partial charge in [0.25, 0.3) is 0 Å². The molecular weight excluding hydrogens is 308 g/mol. The van der Waals surface area contributed by atoms with Crippen LogP contribution in [-0.4, -0.2) is 44.3 Å². The topological polar surface area (TPSA) is 149 Å². The Labute approximate surface area is 128 Å². The molecule has 1 aliphatic carbocycles. The second-order valence-electron chi connectivity index (χ2n) is 4.65. The summed E-state index contributed by atoms with van der Waals surface area (Å²) in [6.07, 6.45) is -0.402. The normalized spacial score (nSPS) is 12.5. The first-order valence-electron chi connectivity index (χ1n) is 6.25. The summed E-state index contributed by atoms with van der Waals surface area (Å²) in [6.45, 7) is 0. The minimum absolute atomic E-state index is 0.129. The molecule has 2 rings (SSSR count). The van der Waals surface area contributed by atoms with Crippen LogP contribution in [0.15, 0.2) is 35.4 Å². The zero-order chi connectivity index (χ0) is 17.3. The van der Waals surface area contributed by atoms with Gasteiger partial charge in [-0.3, -0.25) is 0 Å². The maximum absolute atomic E-state index is 11.2. The number of allylic oxidation sites excluding steroid dienone is 2. The Balaban J connectivity index is 2.87. The fourth-order valence-corrected chi connectivity index (χ4v) is 2.52. The van der Waals surface area contributed by atoms with Crippen molar-refractivity contribution in [1.82, 2.24) is 0 Å². The highest BCUT2D eigenvalue weighted by Crippen LogP contribution is 2.43. The van der Waals surface area contributed by atoms with Crippen LogP contribution >= 0.6 is 0 Å². The van der Waals surface area contributed by atoms with Crippen LogP contribution in [-0.2, 0) is 19.2 Å². The molecule has 0 bridgehead atoms. The highest BCUT2D eigenvalue weighted by Gasteiger charge is 2.34. The lowest BCUT2D eigenvalue weighted by atomic mass is 10.0. The summed E-state index contributed by atoms with van der Waals surface area (Å²) in [5, 5.41) is 36.3. The van der Waals surface area contributed by atoms with Gasteiger partial charge in [-0.1, -0.05) is 24.3 Å². The minimum atomic E-state index is -1.68. The van der Waals surface area contributed by atoms with Crippen molar-refractivity contribution in [3.63, 3.8) is 0 Å². The van der Waals surface area contributed by atoms with E-state index in [2.05, 4.69) is 0 Å². The Morgan fingerprint density at radius 2 is 0.957 bits per heavy atom. The molecule has 8 nitrogen and oxygen atoms in total. The van der Waals surface area contributed by atoms with E-state index in [1.165, 1.54) is 24.3 Å². The Morgan fingerprint density at radius 1 is 0.652 bits per heavy atom. The summed E-state index contributed by atoms with van der Waals surface area (Å²) in [7, 11) is 0. The van der Waals surface area contributed by atoms with Gasteiger partial charge in [-0.2, -0.15) is 0 Å². The Hall–Kier alpha value is -3.42. The number of rotatable bonds is 4. The molecule has 0 unspecified atom stereocenters. The van der Waals surface area contributed by atoms with Gasteiger partial charge in [-0.25, -0.2) is 19.2 Å². The number of hydrogen-bond acceptors (Lipinski definition) is 4. The average molecular weight is 318 g/mol. The molecule has 0 atom stereocenters. The van der Waals surface area contributed by atoms with Crippen molar-refractivity contribution in [3.05, 3.63) is 46.5 Å². The van der Waals surface area contributed by atoms with Crippen LogP contribution in [0.2, 0.25) is 0 Å². The van der Waals surface area contributed by atoms with Crippen molar-refractivity contribution in [2.75, 3.05) is 0 Å². The number of hydrogen-bond donors (Lipinski definition) is 4. The van der Waals surface area contributed by atoms with Gasteiger partial charge in [-0.15, -0.1) is 0 Å². The van der Waals surface area contributed by atoms with E-state index in [1.54, 1.807) is 0 Å². The predicted molar refractivity (Wildman–Crippen MR) is 75.4 cm³/mol. The largest absolute Gasteiger partial charge is 0.477 e. The number of aliphatic carboxylic acids is 4. The maximum Gasteiger partial charge on any atom is 0.343 e. The van der Waals surface area contributed by atoms with Crippen molar-refractivity contribution >= 4 is 35.0 Å². The van der Waals surface area contributed by atoms with E-state index in [-0.39, 0.29) is 22.3 Å². The van der Waals surface area contributed by atoms with Gasteiger partial charge in [0.15, 0.2) is 0 Å². The number of carbonyl (C=O) groups is 4. The second-order valence-corrected chi connectivity index (χ2v) is 4.65. The van der Waals surface area contributed by atoms with Gasteiger partial charge in [0.05, 0.1) is 0 Å². The molecule has 0 spiro atoms. The van der Waals surface area contributed by atoms with E-state index in [4.69, 9.17) is 20.4 Å². The van der Waals surface area contributed by atoms with E-state index < -0.39 is 41.4 Å². The van der Waals surface area contributed by atoms with Crippen molar-refractivity contribution in [1.29, 1.82) is 0 Å². The van der Waals surface area contributed by atoms with Crippen LogP contribution in [0, 0.1) is 0 Å². The van der Waals surface area contributed by atoms with Crippen molar-refractivity contribution < 1.29 is 39.6 Å². The first-order valence-corrected chi connectivity index (χ1v) is 6.25. The van der Waals surface area contributed by atoms with Crippen molar-refractivity contribution in [2.24, 2.45) is 0 Å². The molecule has 8 heteroatoms. The van der Waals surface area contributed by atoms with Gasteiger partial charge >= 0.3 is 23.9 Å². The van der Waals surface area contributed by atoms with Crippen LogP contribution in [0.5, 0.6) is 0 Å². The zero-order valence-electron chi connectivity index (χ0n) is 11.4. The third-order valence-corrected chi connectivity index (χ3v) is 3.39. The number of carboxylic acids is 4. The summed E-state index contributed by atoms with van der Waals surface area (Å²) in [6, 6.07) is 5.88. The Bertz CT molecular complexity index is 714. The molecule has 0 aliphatic heterocycles. The van der Waals surface area contributed by atoms with E-state index in [0.29, 0.717) is 0 Å². The number of carboxylic acid groups (broad SMARTS) is 4. The summed E-state index contributed by atoms with van der Waals surface area (Å²) in [4.78, 5) is 44.8. The highest BCUT2D eigenvalue weighted by atomic mass is 16.4. The summed E-state index contributed by atoms with van der Waals surface area (Å²) >= 11 is 0. The molecule has 1 aromatic rings. The zero-order valence-corrected chi connectivity index (χ0v) is 11.4. The van der Waals surface area contributed by atoms with Crippen LogP contribution in [0.25, 0.3) is 11.1 Å². The van der Waals surface area contributed by atoms with Crippen LogP contribution < -0.4 is 0 Å². The van der Waals surface area contributed by atoms with E-state index >= 15 is 0 Å². The van der Waals surface area contributed by atoms with E-state index in [0.717, 1.165) is 0 Å². The molecular formula is C15H10O8. The van der Waals surface area contributed by atoms with Gasteiger partial charge in [0.1, 0.15) is 11.1 Å². The molecule has 1 aromatic carbocycles. The van der Waals surface area contributed by atoms with Crippen molar-refractivity contribution in [2.45, 2.75) is 6.42 Å². The predicted octanol–water partition coefficient (Wildman–Crippen LogP) is 0.936. The third-order valence-electron chi connectivity index (χ3n) is 3.39. The molecule has 4 N–H and O–H groups in total. The van der Waals surface area contributed by atoms with E-state index in [9.17, 15) is 19.2 Å². The lowest BCUT2D eigenvalue weighted by molar-refractivity contribution is -0.142. The summed E-state index contributed by atoms with van der Waals surface area (Å²) in [5.74, 6) is -6.74. The van der Waals surface area contributed by atoms with Crippen LogP contribution in [0.1, 0.15) is 17.5 Å². The molecule has 1 aliphatic rings. The van der Waals surface area contributed by atoms with Gasteiger partial charge in [-0.05, 0) is 22.3 Å². The lowest BCUT2D eigenvalue weighted by Crippen LogP contribution is -2.14. The molecule has 23 heavy (non-hydrogen) atoms. The molecule has 0 saturated carbocycles. The summed E-state index contributed by atoms with van der Waals surface area (Å²) < 4.78 is 0. The van der Waals surface area contributed by atoms with Gasteiger partial charge in [0.2, 0.25) is 0 Å². The van der Waals surface area contributed by atoms with Gasteiger partial charge in [0, 0.05) is 6.42 Å². The maximum atomic E-state index is 11.2. The van der Waals surface area contributed by atoms with Gasteiger partial charge < -0.3 is 20.4 Å². The fraction of sp³-hybridized carbons (Fsp3) is 0.0667. The summed E-state index contributed by atoms with van der Waals surface area (Å²) in [5.41, 5.74) is -1.69. The lowest BCUT2D eigenvalue weighted by Gasteiger charge is -2.03. The first-order chi connectivity index (χ1) is 10.8. The minimum Gasteiger partial charge on any atom is -0.477 e. The second kappa shape index (κ2) is 5.76. The Morgan fingerprint density at radius 3 is 1.22 bits per heavy atom. The standard InChI is InChI=1S/C15H10O8/c16-12(17)10(13(18)19)8-5-9(11(14(20)21)15(22)23)7-4-2-1-3-6(7)8/h1-4H,5H2,(H,16,17)(H,18,19)(H,20,21)(H,22,23). The monoisotopic (exact) mass is 318 g/mol. The Kier molecular flexibility index (Phi) is 4.00. The molecule has 118 valence electrons. The fourth-order valence-electron chi connectivity index (χ4n) is 2.52. The molecule has 0 heterocycles. The molecule has 0 radical (unpaired) electrons. The number of benzene rings is 1.